The molecule has 4 rings (SSSR count). The molecule has 2 heterocycles. The van der Waals surface area contributed by atoms with Crippen molar-refractivity contribution in [2.24, 2.45) is 0 Å². The van der Waals surface area contributed by atoms with Gasteiger partial charge in [0.15, 0.2) is 0 Å². The number of fused-ring (bicyclic) bond motifs is 1. The molecule has 2 aromatic carbocycles. The minimum atomic E-state index is 0.650. The van der Waals surface area contributed by atoms with Gasteiger partial charge < -0.3 is 0 Å². The third kappa shape index (κ3) is 3.33. The van der Waals surface area contributed by atoms with Gasteiger partial charge in [0.05, 0.1) is 5.69 Å². The van der Waals surface area contributed by atoms with Crippen LogP contribution in [0.4, 0.5) is 0 Å². The zero-order chi connectivity index (χ0) is 17.6. The van der Waals surface area contributed by atoms with Crippen molar-refractivity contribution in [2.45, 2.75) is 13.8 Å². The van der Waals surface area contributed by atoms with Gasteiger partial charge in [-0.25, -0.2) is 9.97 Å². The average molecular weight is 329 g/mol. The zero-order valence-electron chi connectivity index (χ0n) is 14.3. The molecule has 0 saturated carbocycles. The summed E-state index contributed by atoms with van der Waals surface area (Å²) in [5, 5.41) is 0. The summed E-state index contributed by atoms with van der Waals surface area (Å²) in [5.41, 5.74) is 4.57. The number of aromatic nitrogens is 3. The fourth-order valence-electron chi connectivity index (χ4n) is 2.62. The van der Waals surface area contributed by atoms with E-state index in [9.17, 15) is 4.79 Å². The molecule has 0 spiro atoms. The lowest BCUT2D eigenvalue weighted by Gasteiger charge is -2.10. The molecule has 4 nitrogen and oxygen atoms in total. The van der Waals surface area contributed by atoms with Crippen LogP contribution in [0.2, 0.25) is 0 Å². The van der Waals surface area contributed by atoms with Crippen molar-refractivity contribution in [1.29, 1.82) is 0 Å². The van der Waals surface area contributed by atoms with Gasteiger partial charge in [-0.05, 0) is 5.56 Å². The van der Waals surface area contributed by atoms with Crippen molar-refractivity contribution < 1.29 is 4.79 Å². The Morgan fingerprint density at radius 3 is 2.32 bits per heavy atom. The van der Waals surface area contributed by atoms with Crippen LogP contribution in [-0.2, 0) is 0 Å². The highest BCUT2D eigenvalue weighted by atomic mass is 16.1. The number of carbonyl (C=O) groups is 1. The first-order valence-electron chi connectivity index (χ1n) is 8.30. The van der Waals surface area contributed by atoms with Crippen molar-refractivity contribution >= 4 is 12.1 Å². The van der Waals surface area contributed by atoms with Gasteiger partial charge in [0.2, 0.25) is 5.78 Å². The molecule has 2 aromatic heterocycles. The Balaban J connectivity index is 0.000000880. The molecule has 0 saturated heterocycles. The summed E-state index contributed by atoms with van der Waals surface area (Å²) in [5.74, 6) is 0.652. The van der Waals surface area contributed by atoms with Crippen LogP contribution in [0.15, 0.2) is 73.2 Å². The maximum absolute atomic E-state index is 10.9. The number of carbonyl (C=O) groups excluding carboxylic acids is 1. The van der Waals surface area contributed by atoms with Crippen LogP contribution in [-0.4, -0.2) is 20.7 Å². The van der Waals surface area contributed by atoms with Crippen LogP contribution in [0, 0.1) is 0 Å². The minimum absolute atomic E-state index is 0.650. The number of benzene rings is 2. The topological polar surface area (TPSA) is 47.3 Å². The fourth-order valence-corrected chi connectivity index (χ4v) is 2.62. The molecular weight excluding hydrogens is 310 g/mol. The van der Waals surface area contributed by atoms with Crippen molar-refractivity contribution in [2.75, 3.05) is 0 Å². The van der Waals surface area contributed by atoms with Crippen molar-refractivity contribution in [3.8, 4) is 22.4 Å². The Kier molecular flexibility index (Phi) is 5.00. The maximum Gasteiger partial charge on any atom is 0.234 e. The molecule has 0 atom stereocenters. The normalized spacial score (nSPS) is 10.2. The Bertz CT molecular complexity index is 973. The molecule has 4 aromatic rings. The second kappa shape index (κ2) is 7.53. The summed E-state index contributed by atoms with van der Waals surface area (Å²) in [4.78, 5) is 19.8. The van der Waals surface area contributed by atoms with Crippen molar-refractivity contribution in [3.05, 3.63) is 78.8 Å². The predicted molar refractivity (Wildman–Crippen MR) is 101 cm³/mol. The number of hydrogen-bond acceptors (Lipinski definition) is 3. The van der Waals surface area contributed by atoms with E-state index in [1.54, 1.807) is 18.3 Å². The van der Waals surface area contributed by atoms with Gasteiger partial charge in [0, 0.05) is 35.3 Å². The molecule has 0 unspecified atom stereocenters. The van der Waals surface area contributed by atoms with Crippen LogP contribution < -0.4 is 0 Å². The van der Waals surface area contributed by atoms with Gasteiger partial charge in [-0.15, -0.1) is 0 Å². The standard InChI is InChI=1S/C19H13N3O.C2H6/c23-13-14-6-8-16(9-7-14)18-17(15-4-2-1-3-5-15)12-22-11-10-20-19(22)21-18;1-2/h1-13H;1-2H3. The van der Waals surface area contributed by atoms with Crippen LogP contribution in [0.25, 0.3) is 28.2 Å². The molecule has 0 N–H and O–H groups in total. The first-order chi connectivity index (χ1) is 12.3. The Hall–Kier alpha value is -3.27. The molecule has 0 aliphatic rings. The Morgan fingerprint density at radius 1 is 0.920 bits per heavy atom. The van der Waals surface area contributed by atoms with E-state index in [0.29, 0.717) is 11.3 Å². The van der Waals surface area contributed by atoms with E-state index < -0.39 is 0 Å². The minimum Gasteiger partial charge on any atom is -0.298 e. The third-order valence-electron chi connectivity index (χ3n) is 3.79. The maximum atomic E-state index is 10.9. The third-order valence-corrected chi connectivity index (χ3v) is 3.79. The SMILES string of the molecule is CC.O=Cc1ccc(-c2nc3nccn3cc2-c2ccccc2)cc1. The summed E-state index contributed by atoms with van der Waals surface area (Å²) in [6.45, 7) is 4.00. The van der Waals surface area contributed by atoms with Crippen LogP contribution in [0.1, 0.15) is 24.2 Å². The summed E-state index contributed by atoms with van der Waals surface area (Å²) in [6.07, 6.45) is 6.49. The summed E-state index contributed by atoms with van der Waals surface area (Å²) in [6, 6.07) is 17.6. The average Bonchev–Trinajstić information content (AvgIpc) is 3.17. The highest BCUT2D eigenvalue weighted by Crippen LogP contribution is 2.30. The van der Waals surface area contributed by atoms with Gasteiger partial charge in [-0.3, -0.25) is 9.20 Å². The van der Waals surface area contributed by atoms with Crippen molar-refractivity contribution in [1.82, 2.24) is 14.4 Å². The van der Waals surface area contributed by atoms with Gasteiger partial charge in [-0.2, -0.15) is 0 Å². The second-order valence-corrected chi connectivity index (χ2v) is 5.24. The lowest BCUT2D eigenvalue weighted by atomic mass is 10.00. The molecule has 4 heteroatoms. The highest BCUT2D eigenvalue weighted by molar-refractivity contribution is 5.83. The van der Waals surface area contributed by atoms with E-state index >= 15 is 0 Å². The molecule has 0 fully saturated rings. The molecule has 0 bridgehead atoms. The molecule has 124 valence electrons. The smallest absolute Gasteiger partial charge is 0.234 e. The van der Waals surface area contributed by atoms with E-state index in [4.69, 9.17) is 4.98 Å². The lowest BCUT2D eigenvalue weighted by molar-refractivity contribution is 0.112. The van der Waals surface area contributed by atoms with E-state index in [1.165, 1.54) is 0 Å². The van der Waals surface area contributed by atoms with Gasteiger partial charge in [-0.1, -0.05) is 68.4 Å². The Labute approximate surface area is 146 Å². The quantitative estimate of drug-likeness (QED) is 0.502. The van der Waals surface area contributed by atoms with Crippen LogP contribution in [0.5, 0.6) is 0 Å². The van der Waals surface area contributed by atoms with Gasteiger partial charge in [0.25, 0.3) is 0 Å². The molecular formula is C21H19N3O. The number of hydrogen-bond donors (Lipinski definition) is 0. The van der Waals surface area contributed by atoms with E-state index in [-0.39, 0.29) is 0 Å². The monoisotopic (exact) mass is 329 g/mol. The molecule has 0 radical (unpaired) electrons. The number of rotatable bonds is 3. The lowest BCUT2D eigenvalue weighted by Crippen LogP contribution is -1.96. The molecule has 0 aliphatic heterocycles. The predicted octanol–water partition coefficient (Wildman–Crippen LogP) is 4.90. The highest BCUT2D eigenvalue weighted by Gasteiger charge is 2.12. The van der Waals surface area contributed by atoms with Crippen LogP contribution >= 0.6 is 0 Å². The van der Waals surface area contributed by atoms with E-state index in [0.717, 1.165) is 28.7 Å². The van der Waals surface area contributed by atoms with Gasteiger partial charge in [0.1, 0.15) is 6.29 Å². The first-order valence-corrected chi connectivity index (χ1v) is 8.30. The zero-order valence-corrected chi connectivity index (χ0v) is 14.3. The second-order valence-electron chi connectivity index (χ2n) is 5.24. The summed E-state index contributed by atoms with van der Waals surface area (Å²) >= 11 is 0. The van der Waals surface area contributed by atoms with Gasteiger partial charge >= 0.3 is 0 Å². The Morgan fingerprint density at radius 2 is 1.64 bits per heavy atom. The van der Waals surface area contributed by atoms with Crippen LogP contribution in [0.3, 0.4) is 0 Å². The number of nitrogens with zero attached hydrogens (tertiary/aromatic N) is 3. The largest absolute Gasteiger partial charge is 0.298 e. The summed E-state index contributed by atoms with van der Waals surface area (Å²) in [7, 11) is 0. The van der Waals surface area contributed by atoms with Crippen molar-refractivity contribution in [3.63, 3.8) is 0 Å². The molecule has 0 amide bonds. The first kappa shape index (κ1) is 16.6. The van der Waals surface area contributed by atoms with E-state index in [1.807, 2.05) is 61.0 Å². The molecule has 0 aliphatic carbocycles. The summed E-state index contributed by atoms with van der Waals surface area (Å²) < 4.78 is 1.91. The number of aldehydes is 1. The molecule has 25 heavy (non-hydrogen) atoms. The fraction of sp³-hybridized carbons (Fsp3) is 0.0952. The van der Waals surface area contributed by atoms with E-state index in [2.05, 4.69) is 17.1 Å². The number of imidazole rings is 1.